The number of alkyl halides is 1. The van der Waals surface area contributed by atoms with Gasteiger partial charge in [0.25, 0.3) is 0 Å². The minimum absolute atomic E-state index is 0.106. The minimum Gasteiger partial charge on any atom is -0.243 e. The van der Waals surface area contributed by atoms with E-state index < -0.39 is 6.17 Å². The fourth-order valence-electron chi connectivity index (χ4n) is 0.551. The van der Waals surface area contributed by atoms with E-state index in [1.165, 1.54) is 0 Å². The molecule has 0 saturated heterocycles. The molecule has 0 N–H and O–H groups in total. The number of allylic oxidation sites excluding steroid dienone is 2. The van der Waals surface area contributed by atoms with Gasteiger partial charge in [0.1, 0.15) is 6.17 Å². The van der Waals surface area contributed by atoms with Crippen molar-refractivity contribution in [2.24, 2.45) is 11.8 Å². The molecular formula is C9H17F. The molecule has 0 aliphatic carbocycles. The van der Waals surface area contributed by atoms with E-state index in [9.17, 15) is 4.39 Å². The van der Waals surface area contributed by atoms with Crippen LogP contribution in [0.4, 0.5) is 4.39 Å². The zero-order valence-electron chi connectivity index (χ0n) is 7.26. The Morgan fingerprint density at radius 3 is 1.80 bits per heavy atom. The second kappa shape index (κ2) is 4.48. The van der Waals surface area contributed by atoms with Crippen molar-refractivity contribution in [3.05, 3.63) is 12.2 Å². The quantitative estimate of drug-likeness (QED) is 0.533. The van der Waals surface area contributed by atoms with Crippen LogP contribution < -0.4 is 0 Å². The van der Waals surface area contributed by atoms with E-state index in [-0.39, 0.29) is 5.92 Å². The first-order chi connectivity index (χ1) is 4.54. The van der Waals surface area contributed by atoms with Crippen LogP contribution in [-0.2, 0) is 0 Å². The summed E-state index contributed by atoms with van der Waals surface area (Å²) in [6, 6.07) is 0. The smallest absolute Gasteiger partial charge is 0.121 e. The Morgan fingerprint density at radius 1 is 1.00 bits per heavy atom. The third kappa shape index (κ3) is 4.54. The van der Waals surface area contributed by atoms with Crippen molar-refractivity contribution in [2.75, 3.05) is 0 Å². The lowest BCUT2D eigenvalue weighted by Crippen LogP contribution is -2.04. The molecule has 0 aliphatic heterocycles. The van der Waals surface area contributed by atoms with Gasteiger partial charge in [-0.05, 0) is 11.8 Å². The van der Waals surface area contributed by atoms with Gasteiger partial charge in [0.2, 0.25) is 0 Å². The zero-order valence-corrected chi connectivity index (χ0v) is 7.26. The van der Waals surface area contributed by atoms with Crippen LogP contribution in [-0.4, -0.2) is 6.17 Å². The highest BCUT2D eigenvalue weighted by Gasteiger charge is 2.05. The summed E-state index contributed by atoms with van der Waals surface area (Å²) in [5, 5.41) is 0. The molecule has 1 unspecified atom stereocenters. The highest BCUT2D eigenvalue weighted by molar-refractivity contribution is 4.91. The van der Waals surface area contributed by atoms with Crippen molar-refractivity contribution in [1.82, 2.24) is 0 Å². The highest BCUT2D eigenvalue weighted by Crippen LogP contribution is 2.08. The number of hydrogen-bond donors (Lipinski definition) is 0. The monoisotopic (exact) mass is 144 g/mol. The molecule has 0 saturated carbocycles. The third-order valence-corrected chi connectivity index (χ3v) is 1.32. The first-order valence-electron chi connectivity index (χ1n) is 3.86. The van der Waals surface area contributed by atoms with Gasteiger partial charge in [0, 0.05) is 0 Å². The van der Waals surface area contributed by atoms with Crippen LogP contribution >= 0.6 is 0 Å². The van der Waals surface area contributed by atoms with Crippen molar-refractivity contribution in [3.8, 4) is 0 Å². The summed E-state index contributed by atoms with van der Waals surface area (Å²) in [5.74, 6) is 0.562. The van der Waals surface area contributed by atoms with Crippen LogP contribution in [0, 0.1) is 11.8 Å². The first kappa shape index (κ1) is 9.67. The van der Waals surface area contributed by atoms with Crippen LogP contribution in [0.2, 0.25) is 0 Å². The molecule has 0 fully saturated rings. The zero-order chi connectivity index (χ0) is 8.15. The Hall–Kier alpha value is -0.330. The molecule has 10 heavy (non-hydrogen) atoms. The maximum absolute atomic E-state index is 12.8. The van der Waals surface area contributed by atoms with Crippen LogP contribution in [0.3, 0.4) is 0 Å². The van der Waals surface area contributed by atoms with E-state index in [2.05, 4.69) is 0 Å². The Kier molecular flexibility index (Phi) is 4.33. The third-order valence-electron chi connectivity index (χ3n) is 1.32. The second-order valence-electron chi connectivity index (χ2n) is 3.32. The van der Waals surface area contributed by atoms with Gasteiger partial charge in [-0.1, -0.05) is 39.8 Å². The summed E-state index contributed by atoms with van der Waals surface area (Å²) in [7, 11) is 0. The van der Waals surface area contributed by atoms with Gasteiger partial charge in [-0.2, -0.15) is 0 Å². The lowest BCUT2D eigenvalue weighted by Gasteiger charge is -2.06. The predicted molar refractivity (Wildman–Crippen MR) is 43.7 cm³/mol. The van der Waals surface area contributed by atoms with Crippen LogP contribution in [0.5, 0.6) is 0 Å². The Morgan fingerprint density at radius 2 is 1.50 bits per heavy atom. The molecule has 0 bridgehead atoms. The standard InChI is InChI=1S/C9H17F/c1-7(2)5-6-9(10)8(3)4/h5-9H,1-4H3/b6-5-. The summed E-state index contributed by atoms with van der Waals surface area (Å²) in [6.07, 6.45) is 2.78. The molecular weight excluding hydrogens is 127 g/mol. The molecule has 0 nitrogen and oxygen atoms in total. The maximum Gasteiger partial charge on any atom is 0.121 e. The fourth-order valence-corrected chi connectivity index (χ4v) is 0.551. The molecule has 60 valence electrons. The van der Waals surface area contributed by atoms with E-state index in [1.807, 2.05) is 33.8 Å². The van der Waals surface area contributed by atoms with Crippen molar-refractivity contribution >= 4 is 0 Å². The van der Waals surface area contributed by atoms with E-state index in [1.54, 1.807) is 6.08 Å². The molecule has 0 radical (unpaired) electrons. The van der Waals surface area contributed by atoms with Gasteiger partial charge in [-0.25, -0.2) is 4.39 Å². The molecule has 0 aromatic rings. The molecule has 0 aromatic heterocycles. The van der Waals surface area contributed by atoms with Crippen molar-refractivity contribution in [2.45, 2.75) is 33.9 Å². The van der Waals surface area contributed by atoms with Gasteiger partial charge in [-0.15, -0.1) is 0 Å². The Bertz CT molecular complexity index is 103. The molecule has 1 heteroatoms. The molecule has 0 aromatic carbocycles. The fraction of sp³-hybridized carbons (Fsp3) is 0.778. The second-order valence-corrected chi connectivity index (χ2v) is 3.32. The van der Waals surface area contributed by atoms with Crippen molar-refractivity contribution in [3.63, 3.8) is 0 Å². The molecule has 0 spiro atoms. The normalized spacial score (nSPS) is 15.5. The molecule has 0 aliphatic rings. The number of rotatable bonds is 3. The number of halogens is 1. The topological polar surface area (TPSA) is 0 Å². The van der Waals surface area contributed by atoms with E-state index in [0.717, 1.165) is 0 Å². The average molecular weight is 144 g/mol. The SMILES string of the molecule is CC(C)/C=C\C(F)C(C)C. The largest absolute Gasteiger partial charge is 0.243 e. The molecule has 0 rings (SSSR count). The predicted octanol–water partition coefficient (Wildman–Crippen LogP) is 3.19. The summed E-state index contributed by atoms with van der Waals surface area (Å²) >= 11 is 0. The van der Waals surface area contributed by atoms with E-state index >= 15 is 0 Å². The van der Waals surface area contributed by atoms with Crippen LogP contribution in [0.1, 0.15) is 27.7 Å². The summed E-state index contributed by atoms with van der Waals surface area (Å²) in [4.78, 5) is 0. The van der Waals surface area contributed by atoms with E-state index in [4.69, 9.17) is 0 Å². The van der Waals surface area contributed by atoms with Gasteiger partial charge in [0.05, 0.1) is 0 Å². The Labute approximate surface area is 63.1 Å². The molecule has 1 atom stereocenters. The van der Waals surface area contributed by atoms with Gasteiger partial charge < -0.3 is 0 Å². The lowest BCUT2D eigenvalue weighted by atomic mass is 10.1. The number of hydrogen-bond acceptors (Lipinski definition) is 0. The molecule has 0 amide bonds. The summed E-state index contributed by atoms with van der Waals surface area (Å²) in [6.45, 7) is 7.86. The Balaban J connectivity index is 3.66. The minimum atomic E-state index is -0.776. The molecule has 0 heterocycles. The summed E-state index contributed by atoms with van der Waals surface area (Å²) < 4.78 is 12.8. The van der Waals surface area contributed by atoms with Gasteiger partial charge in [0.15, 0.2) is 0 Å². The van der Waals surface area contributed by atoms with Crippen molar-refractivity contribution in [1.29, 1.82) is 0 Å². The average Bonchev–Trinajstić information content (AvgIpc) is 1.82. The van der Waals surface area contributed by atoms with Crippen molar-refractivity contribution < 1.29 is 4.39 Å². The van der Waals surface area contributed by atoms with Gasteiger partial charge in [-0.3, -0.25) is 0 Å². The maximum atomic E-state index is 12.8. The first-order valence-corrected chi connectivity index (χ1v) is 3.86. The van der Waals surface area contributed by atoms with E-state index in [0.29, 0.717) is 5.92 Å². The van der Waals surface area contributed by atoms with Gasteiger partial charge >= 0.3 is 0 Å². The van der Waals surface area contributed by atoms with Crippen LogP contribution in [0.25, 0.3) is 0 Å². The lowest BCUT2D eigenvalue weighted by molar-refractivity contribution is 0.313. The summed E-state index contributed by atoms with van der Waals surface area (Å²) in [5.41, 5.74) is 0. The highest BCUT2D eigenvalue weighted by atomic mass is 19.1. The van der Waals surface area contributed by atoms with Crippen LogP contribution in [0.15, 0.2) is 12.2 Å².